The van der Waals surface area contributed by atoms with Gasteiger partial charge in [-0.1, -0.05) is 6.07 Å². The van der Waals surface area contributed by atoms with Crippen LogP contribution in [0.2, 0.25) is 0 Å². The zero-order valence-electron chi connectivity index (χ0n) is 16.1. The number of aromatic nitrogens is 2. The van der Waals surface area contributed by atoms with Crippen molar-refractivity contribution in [2.24, 2.45) is 0 Å². The first kappa shape index (κ1) is 20.4. The molecule has 31 heavy (non-hydrogen) atoms. The third kappa shape index (κ3) is 3.94. The van der Waals surface area contributed by atoms with Crippen LogP contribution in [0.3, 0.4) is 0 Å². The standard InChI is InChI=1S/C20H16FN3O6S/c1-2-29-20(26)30-16-10-22-18-17(16)14-9-12(6-7-15(14)23-19(18)25)24-31(27,28)13-5-3-4-11(21)8-13/h3-10,22,24H,2H2,1H3,(H,23,25). The number of nitrogens with one attached hydrogen (secondary N) is 3. The molecule has 0 unspecified atom stereocenters. The number of ether oxygens (including phenoxy) is 2. The number of anilines is 1. The van der Waals surface area contributed by atoms with Crippen molar-refractivity contribution in [3.8, 4) is 5.75 Å². The number of hydrogen-bond acceptors (Lipinski definition) is 6. The Morgan fingerprint density at radius 2 is 2.00 bits per heavy atom. The number of benzene rings is 2. The number of fused-ring (bicyclic) bond motifs is 3. The molecule has 4 aromatic rings. The van der Waals surface area contributed by atoms with E-state index in [-0.39, 0.29) is 33.8 Å². The maximum atomic E-state index is 13.4. The molecule has 4 rings (SSSR count). The Kier molecular flexibility index (Phi) is 5.11. The topological polar surface area (TPSA) is 130 Å². The van der Waals surface area contributed by atoms with Gasteiger partial charge < -0.3 is 19.4 Å². The summed E-state index contributed by atoms with van der Waals surface area (Å²) >= 11 is 0. The van der Waals surface area contributed by atoms with Crippen LogP contribution in [0.15, 0.2) is 58.4 Å². The van der Waals surface area contributed by atoms with Crippen molar-refractivity contribution in [2.45, 2.75) is 11.8 Å². The lowest BCUT2D eigenvalue weighted by Crippen LogP contribution is -2.13. The Labute approximate surface area is 174 Å². The second kappa shape index (κ2) is 7.76. The molecule has 0 aliphatic rings. The summed E-state index contributed by atoms with van der Waals surface area (Å²) in [5, 5.41) is 0.688. The highest BCUT2D eigenvalue weighted by molar-refractivity contribution is 7.92. The largest absolute Gasteiger partial charge is 0.513 e. The van der Waals surface area contributed by atoms with Crippen LogP contribution in [0.1, 0.15) is 6.92 Å². The van der Waals surface area contributed by atoms with E-state index in [2.05, 4.69) is 14.7 Å². The van der Waals surface area contributed by atoms with E-state index in [9.17, 15) is 22.4 Å². The monoisotopic (exact) mass is 445 g/mol. The van der Waals surface area contributed by atoms with Gasteiger partial charge in [0, 0.05) is 22.8 Å². The van der Waals surface area contributed by atoms with Crippen molar-refractivity contribution in [1.29, 1.82) is 0 Å². The van der Waals surface area contributed by atoms with E-state index in [1.54, 1.807) is 6.92 Å². The van der Waals surface area contributed by atoms with E-state index in [1.807, 2.05) is 0 Å². The average Bonchev–Trinajstić information content (AvgIpc) is 3.13. The molecule has 0 atom stereocenters. The Morgan fingerprint density at radius 1 is 1.19 bits per heavy atom. The van der Waals surface area contributed by atoms with Gasteiger partial charge in [-0.05, 0) is 43.3 Å². The van der Waals surface area contributed by atoms with Crippen LogP contribution < -0.4 is 15.0 Å². The fourth-order valence-corrected chi connectivity index (χ4v) is 4.21. The van der Waals surface area contributed by atoms with Crippen LogP contribution in [0.4, 0.5) is 14.9 Å². The second-order valence-electron chi connectivity index (χ2n) is 6.47. The molecule has 0 bridgehead atoms. The van der Waals surface area contributed by atoms with Crippen molar-refractivity contribution in [1.82, 2.24) is 9.97 Å². The fraction of sp³-hybridized carbons (Fsp3) is 0.100. The minimum Gasteiger partial charge on any atom is -0.434 e. The van der Waals surface area contributed by atoms with Crippen LogP contribution in [0, 0.1) is 5.82 Å². The number of rotatable bonds is 5. The highest BCUT2D eigenvalue weighted by Crippen LogP contribution is 2.32. The summed E-state index contributed by atoms with van der Waals surface area (Å²) in [4.78, 5) is 29.3. The molecule has 9 nitrogen and oxygen atoms in total. The summed E-state index contributed by atoms with van der Waals surface area (Å²) in [7, 11) is -4.06. The highest BCUT2D eigenvalue weighted by atomic mass is 32.2. The lowest BCUT2D eigenvalue weighted by molar-refractivity contribution is 0.105. The summed E-state index contributed by atoms with van der Waals surface area (Å²) < 4.78 is 51.0. The first-order valence-corrected chi connectivity index (χ1v) is 10.6. The third-order valence-electron chi connectivity index (χ3n) is 4.42. The summed E-state index contributed by atoms with van der Waals surface area (Å²) in [5.74, 6) is -0.636. The van der Waals surface area contributed by atoms with Crippen LogP contribution in [0.5, 0.6) is 5.75 Å². The molecule has 0 saturated heterocycles. The minimum absolute atomic E-state index is 0.0506. The van der Waals surface area contributed by atoms with Gasteiger partial charge in [-0.15, -0.1) is 0 Å². The molecule has 2 aromatic heterocycles. The van der Waals surface area contributed by atoms with E-state index in [4.69, 9.17) is 9.47 Å². The van der Waals surface area contributed by atoms with Gasteiger partial charge in [0.05, 0.1) is 16.9 Å². The predicted molar refractivity (Wildman–Crippen MR) is 111 cm³/mol. The highest BCUT2D eigenvalue weighted by Gasteiger charge is 2.19. The Morgan fingerprint density at radius 3 is 2.74 bits per heavy atom. The molecule has 11 heteroatoms. The first-order chi connectivity index (χ1) is 14.8. The number of H-pyrrole nitrogens is 2. The molecular weight excluding hydrogens is 429 g/mol. The van der Waals surface area contributed by atoms with Crippen LogP contribution in [-0.2, 0) is 14.8 Å². The fourth-order valence-electron chi connectivity index (χ4n) is 3.13. The maximum absolute atomic E-state index is 13.4. The second-order valence-corrected chi connectivity index (χ2v) is 8.15. The molecule has 0 amide bonds. The third-order valence-corrected chi connectivity index (χ3v) is 5.80. The number of hydrogen-bond donors (Lipinski definition) is 3. The number of aromatic amines is 2. The zero-order chi connectivity index (χ0) is 22.2. The van der Waals surface area contributed by atoms with Crippen molar-refractivity contribution >= 4 is 43.7 Å². The number of carbonyl (C=O) groups excluding carboxylic acids is 1. The van der Waals surface area contributed by atoms with E-state index in [0.717, 1.165) is 12.1 Å². The molecule has 2 heterocycles. The Bertz CT molecular complexity index is 1480. The van der Waals surface area contributed by atoms with E-state index in [0.29, 0.717) is 10.9 Å². The van der Waals surface area contributed by atoms with Gasteiger partial charge in [-0.3, -0.25) is 9.52 Å². The molecule has 0 aliphatic heterocycles. The van der Waals surface area contributed by atoms with Crippen molar-refractivity contribution in [3.05, 3.63) is 64.8 Å². The van der Waals surface area contributed by atoms with Gasteiger partial charge in [-0.25, -0.2) is 17.6 Å². The number of sulfonamides is 1. The molecule has 160 valence electrons. The van der Waals surface area contributed by atoms with Crippen LogP contribution in [0.25, 0.3) is 21.8 Å². The van der Waals surface area contributed by atoms with Crippen LogP contribution >= 0.6 is 0 Å². The quantitative estimate of drug-likeness (QED) is 0.403. The van der Waals surface area contributed by atoms with Gasteiger partial charge in [0.2, 0.25) is 0 Å². The average molecular weight is 445 g/mol. The molecule has 0 fully saturated rings. The van der Waals surface area contributed by atoms with Crippen molar-refractivity contribution in [3.63, 3.8) is 0 Å². The lowest BCUT2D eigenvalue weighted by Gasteiger charge is -2.10. The number of carbonyl (C=O) groups is 1. The first-order valence-electron chi connectivity index (χ1n) is 9.08. The Hall–Kier alpha value is -3.86. The summed E-state index contributed by atoms with van der Waals surface area (Å²) in [6.45, 7) is 1.72. The molecule has 0 radical (unpaired) electrons. The van der Waals surface area contributed by atoms with E-state index >= 15 is 0 Å². The van der Waals surface area contributed by atoms with Crippen LogP contribution in [-0.4, -0.2) is 31.1 Å². The normalized spacial score (nSPS) is 11.5. The molecule has 2 aromatic carbocycles. The smallest absolute Gasteiger partial charge is 0.434 e. The SMILES string of the molecule is CCOC(=O)Oc1c[nH]c2c(=O)[nH]c3ccc(NS(=O)(=O)c4cccc(F)c4)cc3c12. The van der Waals surface area contributed by atoms with E-state index < -0.39 is 27.6 Å². The van der Waals surface area contributed by atoms with Gasteiger partial charge in [-0.2, -0.15) is 0 Å². The van der Waals surface area contributed by atoms with Gasteiger partial charge in [0.1, 0.15) is 11.3 Å². The summed E-state index contributed by atoms with van der Waals surface area (Å²) in [6, 6.07) is 9.00. The van der Waals surface area contributed by atoms with Gasteiger partial charge >= 0.3 is 6.16 Å². The van der Waals surface area contributed by atoms with Crippen molar-refractivity contribution < 1.29 is 27.1 Å². The summed E-state index contributed by atoms with van der Waals surface area (Å²) in [6.07, 6.45) is 0.389. The van der Waals surface area contributed by atoms with Crippen molar-refractivity contribution in [2.75, 3.05) is 11.3 Å². The maximum Gasteiger partial charge on any atom is 0.513 e. The lowest BCUT2D eigenvalue weighted by atomic mass is 10.1. The molecule has 3 N–H and O–H groups in total. The molecule has 0 spiro atoms. The number of pyridine rings is 1. The van der Waals surface area contributed by atoms with Gasteiger partial charge in [0.25, 0.3) is 15.6 Å². The zero-order valence-corrected chi connectivity index (χ0v) is 16.9. The molecule has 0 saturated carbocycles. The number of halogens is 1. The molecular formula is C20H16FN3O6S. The van der Waals surface area contributed by atoms with Gasteiger partial charge in [0.15, 0.2) is 5.75 Å². The summed E-state index contributed by atoms with van der Waals surface area (Å²) in [5.41, 5.74) is 0.235. The Balaban J connectivity index is 1.81. The van der Waals surface area contributed by atoms with E-state index in [1.165, 1.54) is 36.5 Å². The molecule has 0 aliphatic carbocycles. The minimum atomic E-state index is -4.06. The predicted octanol–water partition coefficient (Wildman–Crippen LogP) is 3.48.